The van der Waals surface area contributed by atoms with E-state index in [4.69, 9.17) is 0 Å². The molecule has 14 nitrogen and oxygen atoms in total. The molecule has 0 radical (unpaired) electrons. The molecule has 2 aromatic carbocycles. The fourth-order valence-electron chi connectivity index (χ4n) is 9.72. The van der Waals surface area contributed by atoms with Crippen molar-refractivity contribution in [1.29, 1.82) is 0 Å². The predicted molar refractivity (Wildman–Crippen MR) is 239 cm³/mol. The molecule has 6 N–H and O–H groups in total. The van der Waals surface area contributed by atoms with E-state index in [0.717, 1.165) is 60.8 Å². The van der Waals surface area contributed by atoms with Crippen LogP contribution in [0.3, 0.4) is 0 Å². The van der Waals surface area contributed by atoms with Gasteiger partial charge in [0, 0.05) is 12.8 Å². The maximum atomic E-state index is 15.1. The zero-order valence-electron chi connectivity index (χ0n) is 37.8. The summed E-state index contributed by atoms with van der Waals surface area (Å²) < 4.78 is 30.2. The van der Waals surface area contributed by atoms with Crippen molar-refractivity contribution in [2.24, 2.45) is 0 Å². The minimum absolute atomic E-state index is 0.132. The third kappa shape index (κ3) is 12.0. The lowest BCUT2D eigenvalue weighted by molar-refractivity contribution is -0.142. The molecule has 2 saturated heterocycles. The Morgan fingerprint density at radius 3 is 1.39 bits per heavy atom. The van der Waals surface area contributed by atoms with Gasteiger partial charge in [0.2, 0.25) is 35.4 Å². The fraction of sp³-hybridized carbons (Fsp3) is 0.625. The first kappa shape index (κ1) is 48.5. The quantitative estimate of drug-likeness (QED) is 0.115. The Kier molecular flexibility index (Phi) is 17.3. The second-order valence-electron chi connectivity index (χ2n) is 18.1. The van der Waals surface area contributed by atoms with Crippen molar-refractivity contribution in [3.05, 3.63) is 70.8 Å². The van der Waals surface area contributed by atoms with Crippen LogP contribution in [0.5, 0.6) is 0 Å². The molecular formula is C48H68F2N8O6. The van der Waals surface area contributed by atoms with Gasteiger partial charge in [0.05, 0.1) is 37.3 Å². The number of nitrogens with zero attached hydrogens (tertiary/aromatic N) is 2. The van der Waals surface area contributed by atoms with E-state index in [0.29, 0.717) is 25.7 Å². The maximum Gasteiger partial charge on any atom is 0.245 e. The first-order valence-corrected chi connectivity index (χ1v) is 23.4. The molecule has 2 aromatic rings. The van der Waals surface area contributed by atoms with Gasteiger partial charge in [0.15, 0.2) is 0 Å². The number of likely N-dealkylation sites (N-methyl/N-ethyl adjacent to an activating group) is 2. The number of halogens is 2. The van der Waals surface area contributed by atoms with E-state index in [1.54, 1.807) is 27.9 Å². The highest BCUT2D eigenvalue weighted by atomic mass is 19.1. The Morgan fingerprint density at radius 1 is 0.609 bits per heavy atom. The van der Waals surface area contributed by atoms with Gasteiger partial charge in [-0.3, -0.25) is 28.8 Å². The van der Waals surface area contributed by atoms with Crippen molar-refractivity contribution >= 4 is 35.4 Å². The van der Waals surface area contributed by atoms with Crippen LogP contribution in [0.25, 0.3) is 0 Å². The zero-order chi connectivity index (χ0) is 45.9. The summed E-state index contributed by atoms with van der Waals surface area (Å²) >= 11 is 0. The van der Waals surface area contributed by atoms with Crippen LogP contribution in [0.15, 0.2) is 48.5 Å². The number of likely N-dealkylation sites (tertiary alicyclic amines) is 2. The summed E-state index contributed by atoms with van der Waals surface area (Å²) in [5.74, 6) is -2.67. The number of rotatable bonds is 19. The number of hydrogen-bond donors (Lipinski definition) is 6. The van der Waals surface area contributed by atoms with Gasteiger partial charge in [-0.05, 0) is 102 Å². The number of carbonyl (C=O) groups excluding carboxylic acids is 6. The lowest BCUT2D eigenvalue weighted by Crippen LogP contribution is -2.55. The van der Waals surface area contributed by atoms with Crippen molar-refractivity contribution in [2.45, 2.75) is 164 Å². The second kappa shape index (κ2) is 22.8. The zero-order valence-corrected chi connectivity index (χ0v) is 37.8. The van der Waals surface area contributed by atoms with E-state index in [1.165, 1.54) is 9.80 Å². The smallest absolute Gasteiger partial charge is 0.245 e. The Labute approximate surface area is 376 Å². The van der Waals surface area contributed by atoms with Crippen molar-refractivity contribution in [2.75, 3.05) is 27.2 Å². The normalized spacial score (nSPS) is 24.7. The van der Waals surface area contributed by atoms with Gasteiger partial charge in [-0.2, -0.15) is 0 Å². The number of carbonyl (C=O) groups is 6. The molecule has 7 unspecified atom stereocenters. The number of amides is 6. The average Bonchev–Trinajstić information content (AvgIpc) is 3.90. The molecule has 2 heterocycles. The Morgan fingerprint density at radius 2 is 1.00 bits per heavy atom. The molecule has 0 saturated carbocycles. The highest BCUT2D eigenvalue weighted by Gasteiger charge is 2.44. The Bertz CT molecular complexity index is 1830. The number of nitrogens with one attached hydrogen (secondary N) is 6. The average molecular weight is 891 g/mol. The van der Waals surface area contributed by atoms with E-state index < -0.39 is 84.0 Å². The van der Waals surface area contributed by atoms with Crippen LogP contribution in [-0.2, 0) is 41.6 Å². The predicted octanol–water partition coefficient (Wildman–Crippen LogP) is 3.78. The first-order valence-electron chi connectivity index (χ1n) is 23.4. The van der Waals surface area contributed by atoms with Gasteiger partial charge in [-0.15, -0.1) is 0 Å². The number of aryl methyl sites for hydroxylation is 2. The summed E-state index contributed by atoms with van der Waals surface area (Å²) in [6.45, 7) is 2.82. The minimum Gasteiger partial charge on any atom is -0.347 e. The molecule has 0 aromatic heterocycles. The first-order chi connectivity index (χ1) is 30.8. The highest BCUT2D eigenvalue weighted by Crippen LogP contribution is 2.33. The topological polar surface area (TPSA) is 181 Å². The molecule has 6 rings (SSSR count). The van der Waals surface area contributed by atoms with Crippen LogP contribution in [0.1, 0.15) is 125 Å². The van der Waals surface area contributed by atoms with Gasteiger partial charge in [-0.1, -0.05) is 74.2 Å². The number of alkyl halides is 2. The van der Waals surface area contributed by atoms with Gasteiger partial charge >= 0.3 is 0 Å². The molecule has 2 aliphatic heterocycles. The number of fused-ring (bicyclic) bond motifs is 2. The third-order valence-electron chi connectivity index (χ3n) is 13.7. The van der Waals surface area contributed by atoms with E-state index in [1.807, 2.05) is 48.5 Å². The van der Waals surface area contributed by atoms with Crippen molar-refractivity contribution in [1.82, 2.24) is 41.7 Å². The molecule has 0 bridgehead atoms. The van der Waals surface area contributed by atoms with Crippen LogP contribution in [0.2, 0.25) is 0 Å². The van der Waals surface area contributed by atoms with E-state index in [2.05, 4.69) is 31.9 Å². The van der Waals surface area contributed by atoms with Gasteiger partial charge in [-0.25, -0.2) is 8.78 Å². The molecule has 10 atom stereocenters. The molecule has 16 heteroatoms. The van der Waals surface area contributed by atoms with E-state index in [-0.39, 0.29) is 50.9 Å². The summed E-state index contributed by atoms with van der Waals surface area (Å²) in [5.41, 5.74) is 4.39. The van der Waals surface area contributed by atoms with Crippen LogP contribution in [0.4, 0.5) is 8.78 Å². The Balaban J connectivity index is 1.07. The van der Waals surface area contributed by atoms with Crippen LogP contribution >= 0.6 is 0 Å². The largest absolute Gasteiger partial charge is 0.347 e. The lowest BCUT2D eigenvalue weighted by Gasteiger charge is -2.32. The van der Waals surface area contributed by atoms with Crippen molar-refractivity contribution in [3.8, 4) is 0 Å². The molecule has 0 spiro atoms. The van der Waals surface area contributed by atoms with Crippen LogP contribution in [-0.4, -0.2) is 121 Å². The molecule has 2 aliphatic carbocycles. The number of benzene rings is 2. The molecule has 6 amide bonds. The van der Waals surface area contributed by atoms with Gasteiger partial charge in [0.25, 0.3) is 0 Å². The van der Waals surface area contributed by atoms with Gasteiger partial charge in [0.1, 0.15) is 36.5 Å². The highest BCUT2D eigenvalue weighted by molar-refractivity contribution is 5.95. The SMILES string of the molecule is CNC(C)C(=O)NC(CCCCCCC(NC(=O)C(C)NC)C(=O)N1CC(F)C[C@H]1C(=O)N[C@@H]1CCCc2ccccc21)C(=O)N1C[C@H](F)CC1C(=O)NC1CCCc2ccccc21. The summed E-state index contributed by atoms with van der Waals surface area (Å²) in [4.78, 5) is 84.7. The maximum absolute atomic E-state index is 15.1. The molecular weight excluding hydrogens is 823 g/mol. The third-order valence-corrected chi connectivity index (χ3v) is 13.7. The van der Waals surface area contributed by atoms with Crippen LogP contribution < -0.4 is 31.9 Å². The summed E-state index contributed by atoms with van der Waals surface area (Å²) in [6.07, 6.45) is 4.64. The Hall–Kier alpha value is -4.96. The van der Waals surface area contributed by atoms with Crippen LogP contribution in [0, 0.1) is 0 Å². The second-order valence-corrected chi connectivity index (χ2v) is 18.1. The number of unbranched alkanes of at least 4 members (excludes halogenated alkanes) is 3. The van der Waals surface area contributed by atoms with E-state index >= 15 is 8.78 Å². The van der Waals surface area contributed by atoms with E-state index in [9.17, 15) is 28.8 Å². The molecule has 350 valence electrons. The standard InChI is InChI=1S/C48H68F2N8O6/c1-29(51-3)43(59)55-39(47(63)57-27-33(49)25-41(57)45(61)53-37-23-13-17-31-15-9-11-19-35(31)37)21-7-5-6-8-22-40(56-44(60)30(2)52-4)48(64)58-28-34(50)26-42(58)46(62)54-38-24-14-18-32-16-10-12-20-36(32)38/h9-12,15-16,19-20,29-30,33-34,37-42,51-52H,5-8,13-14,17-18,21-28H2,1-4H3,(H,53,61)(H,54,62)(H,55,59)(H,56,60)/t29?,30?,33-,34?,37?,38-,39?,40?,41?,42+/m1/s1. The van der Waals surface area contributed by atoms with Gasteiger partial charge < -0.3 is 41.7 Å². The fourth-order valence-corrected chi connectivity index (χ4v) is 9.72. The van der Waals surface area contributed by atoms with Crippen molar-refractivity contribution < 1.29 is 37.5 Å². The summed E-state index contributed by atoms with van der Waals surface area (Å²) in [7, 11) is 3.26. The molecule has 4 aliphatic rings. The summed E-state index contributed by atoms with van der Waals surface area (Å²) in [5, 5.41) is 17.6. The lowest BCUT2D eigenvalue weighted by atomic mass is 9.87. The monoisotopic (exact) mass is 891 g/mol. The summed E-state index contributed by atoms with van der Waals surface area (Å²) in [6, 6.07) is 10.1. The minimum atomic E-state index is -1.39. The van der Waals surface area contributed by atoms with Crippen molar-refractivity contribution in [3.63, 3.8) is 0 Å². The molecule has 2 fully saturated rings. The molecule has 64 heavy (non-hydrogen) atoms. The number of hydrogen-bond acceptors (Lipinski definition) is 8.